The lowest BCUT2D eigenvalue weighted by Crippen LogP contribution is -2.30. The average Bonchev–Trinajstić information content (AvgIpc) is 3.62. The third-order valence-corrected chi connectivity index (χ3v) is 8.97. The van der Waals surface area contributed by atoms with Gasteiger partial charge in [-0.05, 0) is 63.9 Å². The molecule has 1 saturated heterocycles. The first-order valence-electron chi connectivity index (χ1n) is 14.9. The summed E-state index contributed by atoms with van der Waals surface area (Å²) >= 11 is 0. The first kappa shape index (κ1) is 24.7. The molecular weight excluding hydrogens is 540 g/mol. The molecule has 0 saturated carbocycles. The van der Waals surface area contributed by atoms with Crippen LogP contribution in [0.1, 0.15) is 22.9 Å². The van der Waals surface area contributed by atoms with Crippen LogP contribution in [0.2, 0.25) is 0 Å². The molecule has 1 N–H and O–H groups in total. The van der Waals surface area contributed by atoms with E-state index in [0.717, 1.165) is 39.1 Å². The van der Waals surface area contributed by atoms with Crippen molar-refractivity contribution < 1.29 is 4.74 Å². The second-order valence-corrected chi connectivity index (χ2v) is 11.5. The van der Waals surface area contributed by atoms with Crippen LogP contribution >= 0.6 is 0 Å². The number of nitrogens with one attached hydrogen (secondary N) is 1. The van der Waals surface area contributed by atoms with Crippen molar-refractivity contribution >= 4 is 49.9 Å². The molecule has 3 heterocycles. The lowest BCUT2D eigenvalue weighted by molar-refractivity contribution is 0.242. The summed E-state index contributed by atoms with van der Waals surface area (Å²) in [5, 5.41) is 18.2. The molecule has 208 valence electrons. The molecule has 5 heteroatoms. The lowest BCUT2D eigenvalue weighted by atomic mass is 9.86. The van der Waals surface area contributed by atoms with Gasteiger partial charge in [0.25, 0.3) is 0 Å². The number of hydrogen-bond acceptors (Lipinski definition) is 4. The average molecular weight is 567 g/mol. The fraction of sp³-hybridized carbons (Fsp3) is 0.0769. The number of allylic oxidation sites excluding steroid dienone is 2. The Morgan fingerprint density at radius 2 is 1.57 bits per heavy atom. The summed E-state index contributed by atoms with van der Waals surface area (Å²) in [6.07, 6.45) is 6.02. The minimum atomic E-state index is -0.304. The molecule has 0 spiro atoms. The van der Waals surface area contributed by atoms with Crippen molar-refractivity contribution in [1.82, 2.24) is 9.88 Å². The van der Waals surface area contributed by atoms with E-state index < -0.39 is 0 Å². The molecule has 0 bridgehead atoms. The number of nitrogens with zero attached hydrogens (tertiary/aromatic N) is 3. The number of ether oxygens (including phenoxy) is 1. The van der Waals surface area contributed by atoms with E-state index in [1.807, 2.05) is 36.4 Å². The van der Waals surface area contributed by atoms with Crippen LogP contribution in [0, 0.1) is 17.2 Å². The molecule has 6 aromatic rings. The summed E-state index contributed by atoms with van der Waals surface area (Å²) in [6, 6.07) is 42.1. The highest BCUT2D eigenvalue weighted by Crippen LogP contribution is 2.44. The van der Waals surface area contributed by atoms with E-state index in [2.05, 4.69) is 113 Å². The summed E-state index contributed by atoms with van der Waals surface area (Å²) in [5.74, 6) is 1.59. The van der Waals surface area contributed by atoms with Gasteiger partial charge in [0.1, 0.15) is 18.1 Å². The molecule has 44 heavy (non-hydrogen) atoms. The van der Waals surface area contributed by atoms with E-state index in [4.69, 9.17) is 9.73 Å². The van der Waals surface area contributed by atoms with Gasteiger partial charge in [-0.2, -0.15) is 5.26 Å². The molecule has 9 rings (SSSR count). The van der Waals surface area contributed by atoms with Crippen molar-refractivity contribution in [3.63, 3.8) is 0 Å². The standard InChI is InChI=1S/C39H26N4O/c40-23-24-9-8-14-26(19-24)29-17-18-35-32(21-29)36-38(41-37(42-39(36)44-35)25-10-2-1-3-11-25)43-33-16-7-6-15-30(33)31-20-27-12-4-5-13-28(27)22-34(31)43/h1-22,32,35,37,41H. The van der Waals surface area contributed by atoms with Gasteiger partial charge in [-0.3, -0.25) is 4.57 Å². The SMILES string of the molecule is N#Cc1cccc(C2=CC3C4=C(n5c6ccccc6c6cc7ccccc7cc65)NC(c5ccccc5)N=C4OC3C=C2)c1. The molecular formula is C39H26N4O. The second kappa shape index (κ2) is 9.58. The van der Waals surface area contributed by atoms with Gasteiger partial charge in [-0.1, -0.05) is 97.1 Å². The molecule has 1 fully saturated rings. The van der Waals surface area contributed by atoms with Crippen molar-refractivity contribution in [2.45, 2.75) is 12.3 Å². The number of aliphatic imine (C=N–C) groups is 1. The third-order valence-electron chi connectivity index (χ3n) is 8.97. The van der Waals surface area contributed by atoms with Gasteiger partial charge >= 0.3 is 0 Å². The summed E-state index contributed by atoms with van der Waals surface area (Å²) in [6.45, 7) is 0. The predicted molar refractivity (Wildman–Crippen MR) is 177 cm³/mol. The van der Waals surface area contributed by atoms with Crippen LogP contribution in [-0.4, -0.2) is 16.6 Å². The fourth-order valence-electron chi connectivity index (χ4n) is 6.91. The number of fused-ring (bicyclic) bond motifs is 7. The van der Waals surface area contributed by atoms with Crippen molar-refractivity contribution in [3.8, 4) is 6.07 Å². The van der Waals surface area contributed by atoms with Crippen molar-refractivity contribution in [3.05, 3.63) is 156 Å². The van der Waals surface area contributed by atoms with Gasteiger partial charge in [0.05, 0.1) is 34.2 Å². The van der Waals surface area contributed by atoms with Crippen molar-refractivity contribution in [1.29, 1.82) is 5.26 Å². The number of nitriles is 1. The molecule has 1 aromatic heterocycles. The van der Waals surface area contributed by atoms with E-state index in [-0.39, 0.29) is 18.2 Å². The predicted octanol–water partition coefficient (Wildman–Crippen LogP) is 8.36. The summed E-state index contributed by atoms with van der Waals surface area (Å²) in [4.78, 5) is 5.14. The maximum atomic E-state index is 9.52. The van der Waals surface area contributed by atoms with Crippen LogP contribution in [0.3, 0.4) is 0 Å². The monoisotopic (exact) mass is 566 g/mol. The van der Waals surface area contributed by atoms with Gasteiger partial charge in [-0.15, -0.1) is 0 Å². The Morgan fingerprint density at radius 3 is 2.43 bits per heavy atom. The van der Waals surface area contributed by atoms with Crippen LogP contribution in [0.4, 0.5) is 0 Å². The quantitative estimate of drug-likeness (QED) is 0.234. The third kappa shape index (κ3) is 3.75. The number of rotatable bonds is 3. The first-order valence-corrected chi connectivity index (χ1v) is 14.9. The van der Waals surface area contributed by atoms with Crippen LogP contribution in [-0.2, 0) is 4.74 Å². The first-order chi connectivity index (χ1) is 21.7. The number of benzene rings is 5. The zero-order chi connectivity index (χ0) is 29.2. The number of aromatic nitrogens is 1. The highest BCUT2D eigenvalue weighted by atomic mass is 16.5. The molecule has 5 nitrogen and oxygen atoms in total. The molecule has 3 aliphatic rings. The van der Waals surface area contributed by atoms with Crippen LogP contribution in [0.5, 0.6) is 0 Å². The summed E-state index contributed by atoms with van der Waals surface area (Å²) < 4.78 is 8.99. The largest absolute Gasteiger partial charge is 0.469 e. The molecule has 0 amide bonds. The maximum Gasteiger partial charge on any atom is 0.219 e. The Hall–Kier alpha value is -5.86. The Kier molecular flexibility index (Phi) is 5.38. The zero-order valence-electron chi connectivity index (χ0n) is 23.7. The minimum Gasteiger partial charge on any atom is -0.469 e. The smallest absolute Gasteiger partial charge is 0.219 e. The maximum absolute atomic E-state index is 9.52. The van der Waals surface area contributed by atoms with Gasteiger partial charge in [0.2, 0.25) is 5.90 Å². The number of hydrogen-bond donors (Lipinski definition) is 1. The minimum absolute atomic E-state index is 0.0598. The second-order valence-electron chi connectivity index (χ2n) is 11.5. The van der Waals surface area contributed by atoms with E-state index in [1.54, 1.807) is 0 Å². The van der Waals surface area contributed by atoms with Gasteiger partial charge in [0, 0.05) is 10.8 Å². The molecule has 5 aromatic carbocycles. The van der Waals surface area contributed by atoms with Gasteiger partial charge in [-0.25, -0.2) is 4.99 Å². The van der Waals surface area contributed by atoms with Crippen molar-refractivity contribution in [2.24, 2.45) is 10.9 Å². The van der Waals surface area contributed by atoms with Gasteiger partial charge in [0.15, 0.2) is 0 Å². The van der Waals surface area contributed by atoms with E-state index >= 15 is 0 Å². The van der Waals surface area contributed by atoms with E-state index in [1.165, 1.54) is 21.5 Å². The topological polar surface area (TPSA) is 62.3 Å². The molecule has 3 atom stereocenters. The number of para-hydroxylation sites is 1. The summed E-state index contributed by atoms with van der Waals surface area (Å²) in [7, 11) is 0. The van der Waals surface area contributed by atoms with E-state index in [0.29, 0.717) is 11.5 Å². The highest BCUT2D eigenvalue weighted by Gasteiger charge is 2.43. The molecule has 0 radical (unpaired) electrons. The Bertz CT molecular complexity index is 2320. The lowest BCUT2D eigenvalue weighted by Gasteiger charge is -2.28. The normalized spacial score (nSPS) is 20.5. The van der Waals surface area contributed by atoms with Crippen molar-refractivity contribution in [2.75, 3.05) is 0 Å². The van der Waals surface area contributed by atoms with E-state index in [9.17, 15) is 5.26 Å². The van der Waals surface area contributed by atoms with Gasteiger partial charge < -0.3 is 10.1 Å². The van der Waals surface area contributed by atoms with Crippen LogP contribution in [0.15, 0.2) is 144 Å². The van der Waals surface area contributed by atoms with Crippen LogP contribution in [0.25, 0.3) is 44.0 Å². The zero-order valence-corrected chi connectivity index (χ0v) is 23.7. The van der Waals surface area contributed by atoms with Crippen LogP contribution < -0.4 is 5.32 Å². The highest BCUT2D eigenvalue weighted by molar-refractivity contribution is 6.15. The Balaban J connectivity index is 1.31. The Morgan fingerprint density at radius 1 is 0.773 bits per heavy atom. The summed E-state index contributed by atoms with van der Waals surface area (Å²) in [5.41, 5.74) is 7.10. The molecule has 3 unspecified atom stereocenters. The fourth-order valence-corrected chi connectivity index (χ4v) is 6.91. The molecule has 1 aliphatic carbocycles. The molecule has 2 aliphatic heterocycles. The Labute approximate surface area is 254 Å².